The Bertz CT molecular complexity index is 774. The van der Waals surface area contributed by atoms with Gasteiger partial charge < -0.3 is 35.8 Å². The summed E-state index contributed by atoms with van der Waals surface area (Å²) >= 11 is 0. The van der Waals surface area contributed by atoms with Crippen molar-refractivity contribution in [1.82, 2.24) is 10.6 Å². The van der Waals surface area contributed by atoms with Gasteiger partial charge in [-0.1, -0.05) is 24.3 Å². The molecule has 0 spiro atoms. The number of nitrogens with zero attached hydrogens (tertiary/aromatic N) is 2. The van der Waals surface area contributed by atoms with Crippen molar-refractivity contribution in [2.75, 3.05) is 75.5 Å². The molecule has 0 atom stereocenters. The predicted octanol–water partition coefficient (Wildman–Crippen LogP) is 1.84. The van der Waals surface area contributed by atoms with Gasteiger partial charge in [-0.25, -0.2) is 0 Å². The van der Waals surface area contributed by atoms with Crippen LogP contribution >= 0.6 is 0 Å². The number of anilines is 2. The lowest BCUT2D eigenvalue weighted by atomic mass is 10.2. The van der Waals surface area contributed by atoms with Crippen LogP contribution in [0.1, 0.15) is 24.0 Å². The lowest BCUT2D eigenvalue weighted by Crippen LogP contribution is -2.29. The summed E-state index contributed by atoms with van der Waals surface area (Å²) in [5, 5.41) is 34.5. The zero-order valence-corrected chi connectivity index (χ0v) is 20.5. The number of hydrogen-bond acceptors (Lipinski definition) is 8. The monoisotopic (exact) mass is 492 g/mol. The number of rotatable bonds is 20. The van der Waals surface area contributed by atoms with Crippen molar-refractivity contribution in [3.05, 3.63) is 59.7 Å². The molecule has 196 valence electrons. The molecule has 0 radical (unpaired) electrons. The molecule has 0 aliphatic rings. The molecule has 2 aromatic carbocycles. The average molecular weight is 493 g/mol. The van der Waals surface area contributed by atoms with Gasteiger partial charge in [-0.3, -0.25) is 0 Å². The number of halogens is 1. The van der Waals surface area contributed by atoms with Crippen LogP contribution in [0.3, 0.4) is 0 Å². The number of hydrogen-bond donors (Lipinski definition) is 5. The van der Waals surface area contributed by atoms with Crippen molar-refractivity contribution in [2.24, 2.45) is 0 Å². The predicted molar refractivity (Wildman–Crippen MR) is 138 cm³/mol. The molecular formula is C26H41FN4O4. The van der Waals surface area contributed by atoms with Gasteiger partial charge in [-0.05, 0) is 65.8 Å². The molecule has 0 fully saturated rings. The van der Waals surface area contributed by atoms with Crippen molar-refractivity contribution in [3.63, 3.8) is 0 Å². The maximum absolute atomic E-state index is 12.0. The van der Waals surface area contributed by atoms with Crippen LogP contribution < -0.4 is 20.4 Å². The minimum Gasteiger partial charge on any atom is -0.395 e. The molecule has 2 rings (SSSR count). The summed E-state index contributed by atoms with van der Waals surface area (Å²) in [6.45, 7) is 5.44. The van der Waals surface area contributed by atoms with Crippen LogP contribution in [0.25, 0.3) is 0 Å². The van der Waals surface area contributed by atoms with Crippen LogP contribution in [0, 0.1) is 0 Å². The standard InChI is InChI=1S/C26H41FN4O4/c27-35-20-16-31(15-19-34)26-9-5-24(6-10-26)22-29-12-2-1-11-28-21-23-3-7-25(8-4-23)30(13-17-32)14-18-33/h3-10,28-29,32-34H,1-2,11-22H2. The molecule has 2 aromatic rings. The van der Waals surface area contributed by atoms with Crippen molar-refractivity contribution in [3.8, 4) is 0 Å². The van der Waals surface area contributed by atoms with Crippen molar-refractivity contribution < 1.29 is 24.8 Å². The fourth-order valence-corrected chi connectivity index (χ4v) is 3.86. The Labute approximate surface area is 208 Å². The first kappa shape index (κ1) is 29.0. The number of benzene rings is 2. The molecule has 0 aliphatic carbocycles. The average Bonchev–Trinajstić information content (AvgIpc) is 2.89. The Morgan fingerprint density at radius 3 is 1.40 bits per heavy atom. The molecule has 0 heterocycles. The van der Waals surface area contributed by atoms with Gasteiger partial charge >= 0.3 is 0 Å². The van der Waals surface area contributed by atoms with Crippen LogP contribution in [0.2, 0.25) is 0 Å². The van der Waals surface area contributed by atoms with E-state index in [1.807, 2.05) is 46.2 Å². The third kappa shape index (κ3) is 11.3. The quantitative estimate of drug-likeness (QED) is 0.179. The number of nitrogens with one attached hydrogen (secondary N) is 2. The molecule has 0 bridgehead atoms. The van der Waals surface area contributed by atoms with Gasteiger partial charge in [0, 0.05) is 50.6 Å². The second-order valence-electron chi connectivity index (χ2n) is 8.35. The second kappa shape index (κ2) is 18.1. The topological polar surface area (TPSA) is 100 Å². The lowest BCUT2D eigenvalue weighted by molar-refractivity contribution is -0.128. The summed E-state index contributed by atoms with van der Waals surface area (Å²) in [7, 11) is 0. The van der Waals surface area contributed by atoms with Crippen LogP contribution in [0.15, 0.2) is 48.5 Å². The Balaban J connectivity index is 1.58. The minimum absolute atomic E-state index is 0.00627. The van der Waals surface area contributed by atoms with Crippen LogP contribution in [-0.4, -0.2) is 81.0 Å². The molecule has 0 amide bonds. The summed E-state index contributed by atoms with van der Waals surface area (Å²) < 4.78 is 12.0. The third-order valence-corrected chi connectivity index (χ3v) is 5.77. The lowest BCUT2D eigenvalue weighted by Gasteiger charge is -2.23. The Morgan fingerprint density at radius 1 is 0.629 bits per heavy atom. The van der Waals surface area contributed by atoms with E-state index >= 15 is 0 Å². The number of unbranched alkanes of at least 4 members (excludes halogenated alkanes) is 1. The first-order valence-electron chi connectivity index (χ1n) is 12.4. The first-order valence-corrected chi connectivity index (χ1v) is 12.4. The van der Waals surface area contributed by atoms with E-state index in [9.17, 15) is 9.63 Å². The largest absolute Gasteiger partial charge is 0.395 e. The molecule has 8 nitrogen and oxygen atoms in total. The van der Waals surface area contributed by atoms with Crippen molar-refractivity contribution in [1.29, 1.82) is 0 Å². The number of aliphatic hydroxyl groups is 3. The molecule has 5 N–H and O–H groups in total. The second-order valence-corrected chi connectivity index (χ2v) is 8.35. The maximum Gasteiger partial charge on any atom is 0.105 e. The van der Waals surface area contributed by atoms with E-state index in [0.717, 1.165) is 50.4 Å². The molecule has 35 heavy (non-hydrogen) atoms. The van der Waals surface area contributed by atoms with Gasteiger partial charge in [-0.2, -0.15) is 4.94 Å². The van der Waals surface area contributed by atoms with Gasteiger partial charge in [0.2, 0.25) is 0 Å². The minimum atomic E-state index is -0.0277. The van der Waals surface area contributed by atoms with Crippen LogP contribution in [-0.2, 0) is 18.0 Å². The third-order valence-electron chi connectivity index (χ3n) is 5.77. The molecular weight excluding hydrogens is 451 g/mol. The van der Waals surface area contributed by atoms with Gasteiger partial charge in [0.25, 0.3) is 0 Å². The summed E-state index contributed by atoms with van der Waals surface area (Å²) in [6.07, 6.45) is 2.16. The summed E-state index contributed by atoms with van der Waals surface area (Å²) in [4.78, 5) is 7.52. The van der Waals surface area contributed by atoms with Gasteiger partial charge in [-0.15, -0.1) is 0 Å². The zero-order chi connectivity index (χ0) is 25.1. The highest BCUT2D eigenvalue weighted by Gasteiger charge is 2.07. The molecule has 0 unspecified atom stereocenters. The summed E-state index contributed by atoms with van der Waals surface area (Å²) in [5.41, 5.74) is 4.33. The Morgan fingerprint density at radius 2 is 1.03 bits per heavy atom. The van der Waals surface area contributed by atoms with Gasteiger partial charge in [0.05, 0.1) is 19.8 Å². The first-order chi connectivity index (χ1) is 17.2. The summed E-state index contributed by atoms with van der Waals surface area (Å²) in [6, 6.07) is 16.3. The smallest absolute Gasteiger partial charge is 0.105 e. The maximum atomic E-state index is 12.0. The SMILES string of the molecule is OCCN(CCO)c1ccc(CNCCCCNCc2ccc(N(CCO)CCOF)cc2)cc1. The van der Waals surface area contributed by atoms with E-state index < -0.39 is 0 Å². The Hall–Kier alpha value is -2.27. The molecule has 0 aromatic heterocycles. The fraction of sp³-hybridized carbons (Fsp3) is 0.538. The molecule has 0 saturated carbocycles. The van der Waals surface area contributed by atoms with E-state index in [1.54, 1.807) is 0 Å². The highest BCUT2D eigenvalue weighted by atomic mass is 19.3. The van der Waals surface area contributed by atoms with E-state index in [4.69, 9.17) is 10.2 Å². The Kier molecular flexibility index (Phi) is 14.9. The zero-order valence-electron chi connectivity index (χ0n) is 20.5. The normalized spacial score (nSPS) is 11.1. The molecule has 0 saturated heterocycles. The highest BCUT2D eigenvalue weighted by molar-refractivity contribution is 5.48. The van der Waals surface area contributed by atoms with E-state index in [-0.39, 0.29) is 26.4 Å². The van der Waals surface area contributed by atoms with E-state index in [2.05, 4.69) is 27.7 Å². The summed E-state index contributed by atoms with van der Waals surface area (Å²) in [5.74, 6) is 0. The van der Waals surface area contributed by atoms with Crippen molar-refractivity contribution >= 4 is 11.4 Å². The van der Waals surface area contributed by atoms with E-state index in [0.29, 0.717) is 26.2 Å². The van der Waals surface area contributed by atoms with Gasteiger partial charge in [0.15, 0.2) is 0 Å². The van der Waals surface area contributed by atoms with E-state index in [1.165, 1.54) is 11.1 Å². The fourth-order valence-electron chi connectivity index (χ4n) is 3.86. The van der Waals surface area contributed by atoms with Crippen molar-refractivity contribution in [2.45, 2.75) is 25.9 Å². The highest BCUT2D eigenvalue weighted by Crippen LogP contribution is 2.16. The van der Waals surface area contributed by atoms with Gasteiger partial charge in [0.1, 0.15) is 6.61 Å². The number of aliphatic hydroxyl groups excluding tert-OH is 3. The molecule has 9 heteroatoms. The molecule has 0 aliphatic heterocycles. The van der Waals surface area contributed by atoms with Crippen LogP contribution in [0.4, 0.5) is 15.9 Å². The van der Waals surface area contributed by atoms with Crippen LogP contribution in [0.5, 0.6) is 0 Å².